The lowest BCUT2D eigenvalue weighted by Gasteiger charge is -1.24. The molecule has 0 aromatic heterocycles. The molecule has 0 radical (unpaired) electrons. The van der Waals surface area contributed by atoms with E-state index >= 15 is 0 Å². The van der Waals surface area contributed by atoms with Crippen LogP contribution in [0.3, 0.4) is 0 Å². The van der Waals surface area contributed by atoms with E-state index in [0.717, 1.165) is 13.2 Å². The van der Waals surface area contributed by atoms with Crippen LogP contribution in [0.5, 0.6) is 0 Å². The molecule has 1 saturated heterocycles. The van der Waals surface area contributed by atoms with Crippen molar-refractivity contribution in [2.75, 3.05) is 13.2 Å². The average molecular weight is 76.1 g/mol. The minimum absolute atomic E-state index is 0. The lowest BCUT2D eigenvalue weighted by molar-refractivity contribution is 0.475. The van der Waals surface area contributed by atoms with Crippen molar-refractivity contribution in [3.63, 3.8) is 0 Å². The summed E-state index contributed by atoms with van der Waals surface area (Å²) in [6, 6.07) is 0. The van der Waals surface area contributed by atoms with Crippen LogP contribution in [-0.4, -0.2) is 13.2 Å². The van der Waals surface area contributed by atoms with Gasteiger partial charge in [0.1, 0.15) is 0 Å². The fourth-order valence-electron chi connectivity index (χ4n) is 0. The van der Waals surface area contributed by atoms with Crippen LogP contribution >= 0.6 is 0 Å². The van der Waals surface area contributed by atoms with Gasteiger partial charge in [0.15, 0.2) is 0 Å². The Morgan fingerprint density at radius 2 is 1.20 bits per heavy atom. The highest BCUT2D eigenvalue weighted by molar-refractivity contribution is 4.36. The summed E-state index contributed by atoms with van der Waals surface area (Å²) in [6.07, 6.45) is 0. The van der Waals surface area contributed by atoms with Crippen molar-refractivity contribution < 1.29 is 4.74 Å². The minimum atomic E-state index is 0. The number of hydrogen-bond donors (Lipinski definition) is 0. The van der Waals surface area contributed by atoms with Crippen LogP contribution in [0.15, 0.2) is 0 Å². The summed E-state index contributed by atoms with van der Waals surface area (Å²) in [6.45, 7) is 2.00. The molecular formula is C4H12O. The Morgan fingerprint density at radius 1 is 1.00 bits per heavy atom. The van der Waals surface area contributed by atoms with Crippen LogP contribution < -0.4 is 0 Å². The van der Waals surface area contributed by atoms with Crippen molar-refractivity contribution in [3.8, 4) is 0 Å². The standard InChI is InChI=1S/C2H4O.2CH4/c1-2-3-1;;/h1-2H2;2*1H4. The third kappa shape index (κ3) is 16.5. The molecular weight excluding hydrogens is 64.0 g/mol. The van der Waals surface area contributed by atoms with Crippen LogP contribution in [0.2, 0.25) is 0 Å². The smallest absolute Gasteiger partial charge is 0.0701 e. The van der Waals surface area contributed by atoms with E-state index < -0.39 is 0 Å². The fraction of sp³-hybridized carbons (Fsp3) is 1.00. The molecule has 0 unspecified atom stereocenters. The van der Waals surface area contributed by atoms with Crippen LogP contribution in [0.25, 0.3) is 0 Å². The van der Waals surface area contributed by atoms with Crippen molar-refractivity contribution >= 4 is 0 Å². The number of hydrogen-bond acceptors (Lipinski definition) is 1. The minimum Gasteiger partial charge on any atom is -0.377 e. The third-order valence-corrected chi connectivity index (χ3v) is 0.204. The molecule has 1 aliphatic heterocycles. The van der Waals surface area contributed by atoms with Gasteiger partial charge in [0.2, 0.25) is 0 Å². The van der Waals surface area contributed by atoms with E-state index in [4.69, 9.17) is 0 Å². The summed E-state index contributed by atoms with van der Waals surface area (Å²) in [4.78, 5) is 0. The number of rotatable bonds is 0. The van der Waals surface area contributed by atoms with Crippen molar-refractivity contribution in [2.45, 2.75) is 14.9 Å². The maximum absolute atomic E-state index is 4.50. The summed E-state index contributed by atoms with van der Waals surface area (Å²) >= 11 is 0. The molecule has 1 heteroatoms. The predicted octanol–water partition coefficient (Wildman–Crippen LogP) is 1.29. The fourth-order valence-corrected chi connectivity index (χ4v) is 0. The molecule has 0 atom stereocenters. The molecule has 0 aromatic carbocycles. The molecule has 34 valence electrons. The summed E-state index contributed by atoms with van der Waals surface area (Å²) in [5.74, 6) is 0. The Kier molecular flexibility index (Phi) is 7.03. The zero-order chi connectivity index (χ0) is 2.12. The molecule has 1 heterocycles. The monoisotopic (exact) mass is 76.1 g/mol. The topological polar surface area (TPSA) is 12.5 Å². The van der Waals surface area contributed by atoms with Crippen LogP contribution in [-0.2, 0) is 4.74 Å². The van der Waals surface area contributed by atoms with Gasteiger partial charge in [-0.2, -0.15) is 0 Å². The summed E-state index contributed by atoms with van der Waals surface area (Å²) < 4.78 is 4.50. The molecule has 1 aliphatic rings. The van der Waals surface area contributed by atoms with E-state index in [9.17, 15) is 0 Å². The largest absolute Gasteiger partial charge is 0.377 e. The van der Waals surface area contributed by atoms with E-state index in [-0.39, 0.29) is 14.9 Å². The molecule has 5 heavy (non-hydrogen) atoms. The van der Waals surface area contributed by atoms with Crippen LogP contribution in [0.1, 0.15) is 14.9 Å². The molecule has 1 nitrogen and oxygen atoms in total. The summed E-state index contributed by atoms with van der Waals surface area (Å²) in [7, 11) is 0. The normalized spacial score (nSPS) is 14.4. The Morgan fingerprint density at radius 3 is 1.20 bits per heavy atom. The third-order valence-electron chi connectivity index (χ3n) is 0.204. The zero-order valence-corrected chi connectivity index (χ0v) is 1.82. The highest BCUT2D eigenvalue weighted by atomic mass is 16.6. The Balaban J connectivity index is 0. The van der Waals surface area contributed by atoms with E-state index in [2.05, 4.69) is 4.74 Å². The maximum atomic E-state index is 4.50. The first-order chi connectivity index (χ1) is 1.50. The lowest BCUT2D eigenvalue weighted by Crippen LogP contribution is -1.20. The van der Waals surface area contributed by atoms with E-state index in [1.807, 2.05) is 0 Å². The van der Waals surface area contributed by atoms with Gasteiger partial charge in [-0.25, -0.2) is 0 Å². The van der Waals surface area contributed by atoms with E-state index in [1.165, 1.54) is 0 Å². The molecule has 0 saturated carbocycles. The van der Waals surface area contributed by atoms with Gasteiger partial charge < -0.3 is 4.74 Å². The summed E-state index contributed by atoms with van der Waals surface area (Å²) in [5.41, 5.74) is 0. The molecule has 0 aliphatic carbocycles. The molecule has 0 aromatic rings. The van der Waals surface area contributed by atoms with Gasteiger partial charge in [-0.05, 0) is 0 Å². The zero-order valence-electron chi connectivity index (χ0n) is 1.82. The van der Waals surface area contributed by atoms with Crippen molar-refractivity contribution in [2.24, 2.45) is 0 Å². The Bertz CT molecular complexity index is 8.36. The maximum Gasteiger partial charge on any atom is 0.0701 e. The molecule has 0 N–H and O–H groups in total. The predicted molar refractivity (Wildman–Crippen MR) is 24.3 cm³/mol. The molecule has 0 spiro atoms. The second kappa shape index (κ2) is 3.96. The van der Waals surface area contributed by atoms with E-state index in [1.54, 1.807) is 0 Å². The first-order valence-corrected chi connectivity index (χ1v) is 1.08. The quantitative estimate of drug-likeness (QED) is 0.396. The SMILES string of the molecule is C.C.C1CO1. The second-order valence-corrected chi connectivity index (χ2v) is 0.612. The molecule has 1 fully saturated rings. The number of ether oxygens (including phenoxy) is 1. The number of epoxide rings is 1. The Labute approximate surface area is 34.0 Å². The molecule has 1 rings (SSSR count). The van der Waals surface area contributed by atoms with Crippen molar-refractivity contribution in [3.05, 3.63) is 0 Å². The first-order valence-electron chi connectivity index (χ1n) is 1.08. The van der Waals surface area contributed by atoms with Gasteiger partial charge in [0.25, 0.3) is 0 Å². The molecule has 0 amide bonds. The molecule has 0 bridgehead atoms. The van der Waals surface area contributed by atoms with Gasteiger partial charge in [-0.1, -0.05) is 14.9 Å². The van der Waals surface area contributed by atoms with Crippen LogP contribution in [0, 0.1) is 0 Å². The summed E-state index contributed by atoms with van der Waals surface area (Å²) in [5, 5.41) is 0. The lowest BCUT2D eigenvalue weighted by atomic mass is 11.0. The van der Waals surface area contributed by atoms with Gasteiger partial charge in [0, 0.05) is 0 Å². The Hall–Kier alpha value is -0.0400. The van der Waals surface area contributed by atoms with Gasteiger partial charge in [-0.3, -0.25) is 0 Å². The average Bonchev–Trinajstić information content (AvgIpc) is 1.46. The van der Waals surface area contributed by atoms with Gasteiger partial charge in [0.05, 0.1) is 13.2 Å². The van der Waals surface area contributed by atoms with E-state index in [0.29, 0.717) is 0 Å². The van der Waals surface area contributed by atoms with Gasteiger partial charge >= 0.3 is 0 Å². The van der Waals surface area contributed by atoms with Crippen LogP contribution in [0.4, 0.5) is 0 Å². The second-order valence-electron chi connectivity index (χ2n) is 0.612. The van der Waals surface area contributed by atoms with Crippen molar-refractivity contribution in [1.29, 1.82) is 0 Å². The highest BCUT2D eigenvalue weighted by Crippen LogP contribution is 1.84. The first kappa shape index (κ1) is 8.88. The van der Waals surface area contributed by atoms with Gasteiger partial charge in [-0.15, -0.1) is 0 Å². The highest BCUT2D eigenvalue weighted by Gasteiger charge is 1.94. The van der Waals surface area contributed by atoms with Crippen molar-refractivity contribution in [1.82, 2.24) is 0 Å².